The molecule has 1 saturated heterocycles. The molecule has 1 fully saturated rings. The lowest BCUT2D eigenvalue weighted by atomic mass is 9.92. The lowest BCUT2D eigenvalue weighted by molar-refractivity contribution is 0.154. The molecule has 0 bridgehead atoms. The van der Waals surface area contributed by atoms with Gasteiger partial charge in [0, 0.05) is 18.1 Å². The molecule has 1 atom stereocenters. The van der Waals surface area contributed by atoms with E-state index in [9.17, 15) is 9.90 Å². The van der Waals surface area contributed by atoms with Gasteiger partial charge in [0.2, 0.25) is 0 Å². The van der Waals surface area contributed by atoms with E-state index in [0.717, 1.165) is 31.5 Å². The van der Waals surface area contributed by atoms with Gasteiger partial charge in [0.25, 0.3) is 5.56 Å². The molecule has 0 unspecified atom stereocenters. The van der Waals surface area contributed by atoms with Crippen molar-refractivity contribution in [2.75, 3.05) is 13.1 Å². The van der Waals surface area contributed by atoms with E-state index < -0.39 is 0 Å². The molecule has 6 nitrogen and oxygen atoms in total. The molecule has 29 heavy (non-hydrogen) atoms. The Labute approximate surface area is 170 Å². The van der Waals surface area contributed by atoms with Crippen LogP contribution in [0.5, 0.6) is 5.75 Å². The highest BCUT2D eigenvalue weighted by atomic mass is 16.3. The van der Waals surface area contributed by atoms with E-state index in [0.29, 0.717) is 29.5 Å². The van der Waals surface area contributed by atoms with E-state index in [2.05, 4.69) is 16.8 Å². The monoisotopic (exact) mass is 393 g/mol. The van der Waals surface area contributed by atoms with E-state index in [1.165, 1.54) is 0 Å². The van der Waals surface area contributed by atoms with Gasteiger partial charge in [-0.2, -0.15) is 0 Å². The van der Waals surface area contributed by atoms with Crippen molar-refractivity contribution in [2.24, 2.45) is 5.92 Å². The molecule has 0 spiro atoms. The van der Waals surface area contributed by atoms with Crippen LogP contribution in [0.4, 0.5) is 0 Å². The van der Waals surface area contributed by atoms with Crippen LogP contribution in [0.2, 0.25) is 0 Å². The molecule has 152 valence electrons. The Hall–Kier alpha value is -2.86. The molecule has 1 aliphatic rings. The van der Waals surface area contributed by atoms with Crippen LogP contribution in [0.25, 0.3) is 0 Å². The number of hydrogen-bond donors (Lipinski definition) is 1. The first-order valence-electron chi connectivity index (χ1n) is 10.1. The molecule has 0 aromatic carbocycles. The summed E-state index contributed by atoms with van der Waals surface area (Å²) in [5.41, 5.74) is 1.84. The maximum Gasteiger partial charge on any atom is 0.260 e. The third kappa shape index (κ3) is 3.98. The van der Waals surface area contributed by atoms with Gasteiger partial charge in [-0.15, -0.1) is 0 Å². The van der Waals surface area contributed by atoms with Gasteiger partial charge in [-0.3, -0.25) is 14.7 Å². The minimum absolute atomic E-state index is 0.0377. The molecule has 0 saturated carbocycles. The van der Waals surface area contributed by atoms with Crippen molar-refractivity contribution in [1.29, 1.82) is 0 Å². The number of aromatic hydroxyl groups is 1. The van der Waals surface area contributed by atoms with Gasteiger partial charge in [0.05, 0.1) is 24.4 Å². The zero-order chi connectivity index (χ0) is 20.4. The van der Waals surface area contributed by atoms with E-state index in [1.54, 1.807) is 29.3 Å². The Balaban J connectivity index is 1.82. The summed E-state index contributed by atoms with van der Waals surface area (Å²) in [4.78, 5) is 20.1. The first kappa shape index (κ1) is 19.5. The van der Waals surface area contributed by atoms with Crippen LogP contribution in [-0.2, 0) is 6.54 Å². The van der Waals surface area contributed by atoms with Crippen LogP contribution < -0.4 is 5.56 Å². The quantitative estimate of drug-likeness (QED) is 0.715. The Morgan fingerprint density at radius 2 is 2.07 bits per heavy atom. The van der Waals surface area contributed by atoms with E-state index in [1.807, 2.05) is 31.2 Å². The fourth-order valence-corrected chi connectivity index (χ4v) is 4.17. The predicted molar refractivity (Wildman–Crippen MR) is 111 cm³/mol. The molecule has 3 aromatic rings. The first-order chi connectivity index (χ1) is 14.0. The molecule has 0 radical (unpaired) electrons. The summed E-state index contributed by atoms with van der Waals surface area (Å²) in [6.45, 7) is 6.19. The van der Waals surface area contributed by atoms with Crippen LogP contribution >= 0.6 is 0 Å². The molecular weight excluding hydrogens is 366 g/mol. The number of nitrogens with zero attached hydrogens (tertiary/aromatic N) is 3. The molecule has 1 N–H and O–H groups in total. The average Bonchev–Trinajstić information content (AvgIpc) is 3.23. The standard InChI is InChI=1S/C23H27N3O3/c1-16-7-10-25(11-8-16)22(18-5-3-9-24-14-18)21-20(27)13-17(2)26(23(21)28)15-19-6-4-12-29-19/h3-6,9,12-14,16,22,27H,7-8,10-11,15H2,1-2H3/t22-/m0/s1. The second-order valence-electron chi connectivity index (χ2n) is 7.96. The highest BCUT2D eigenvalue weighted by Gasteiger charge is 2.31. The van der Waals surface area contributed by atoms with Gasteiger partial charge in [0.15, 0.2) is 0 Å². The summed E-state index contributed by atoms with van der Waals surface area (Å²) >= 11 is 0. The largest absolute Gasteiger partial charge is 0.507 e. The third-order valence-electron chi connectivity index (χ3n) is 5.87. The lowest BCUT2D eigenvalue weighted by Crippen LogP contribution is -2.40. The van der Waals surface area contributed by atoms with E-state index in [-0.39, 0.29) is 17.4 Å². The van der Waals surface area contributed by atoms with Crippen molar-refractivity contribution < 1.29 is 9.52 Å². The van der Waals surface area contributed by atoms with Gasteiger partial charge in [-0.05, 0) is 68.6 Å². The Kier molecular flexibility index (Phi) is 5.53. The van der Waals surface area contributed by atoms with Crippen LogP contribution in [-0.4, -0.2) is 32.6 Å². The number of likely N-dealkylation sites (tertiary alicyclic amines) is 1. The zero-order valence-corrected chi connectivity index (χ0v) is 16.9. The van der Waals surface area contributed by atoms with Gasteiger partial charge in [0.1, 0.15) is 11.5 Å². The van der Waals surface area contributed by atoms with Crippen LogP contribution in [0.1, 0.15) is 48.4 Å². The Morgan fingerprint density at radius 1 is 1.28 bits per heavy atom. The summed E-state index contributed by atoms with van der Waals surface area (Å²) in [6, 6.07) is 8.86. The molecule has 1 aliphatic heterocycles. The number of pyridine rings is 2. The molecule has 4 heterocycles. The topological polar surface area (TPSA) is 71.5 Å². The molecule has 0 aliphatic carbocycles. The van der Waals surface area contributed by atoms with Crippen molar-refractivity contribution in [3.8, 4) is 5.75 Å². The van der Waals surface area contributed by atoms with Gasteiger partial charge in [-0.1, -0.05) is 13.0 Å². The second-order valence-corrected chi connectivity index (χ2v) is 7.96. The maximum absolute atomic E-state index is 13.6. The minimum Gasteiger partial charge on any atom is -0.507 e. The molecular formula is C23H27N3O3. The summed E-state index contributed by atoms with van der Waals surface area (Å²) in [5.74, 6) is 1.41. The van der Waals surface area contributed by atoms with Crippen molar-refractivity contribution in [2.45, 2.75) is 39.3 Å². The fourth-order valence-electron chi connectivity index (χ4n) is 4.17. The molecule has 3 aromatic heterocycles. The number of hydrogen-bond acceptors (Lipinski definition) is 5. The number of aromatic nitrogens is 2. The number of piperidine rings is 1. The SMILES string of the molecule is Cc1cc(O)c([C@H](c2cccnc2)N2CCC(C)CC2)c(=O)n1Cc1ccco1. The van der Waals surface area contributed by atoms with Gasteiger partial charge < -0.3 is 14.1 Å². The third-order valence-corrected chi connectivity index (χ3v) is 5.87. The lowest BCUT2D eigenvalue weighted by Gasteiger charge is -2.37. The van der Waals surface area contributed by atoms with Crippen LogP contribution in [0.15, 0.2) is 58.2 Å². The summed E-state index contributed by atoms with van der Waals surface area (Å²) in [7, 11) is 0. The predicted octanol–water partition coefficient (Wildman–Crippen LogP) is 3.72. The van der Waals surface area contributed by atoms with E-state index in [4.69, 9.17) is 4.42 Å². The Morgan fingerprint density at radius 3 is 2.72 bits per heavy atom. The highest BCUT2D eigenvalue weighted by molar-refractivity contribution is 5.40. The average molecular weight is 393 g/mol. The molecule has 0 amide bonds. The Bertz CT molecular complexity index is 1000. The molecule has 4 rings (SSSR count). The summed E-state index contributed by atoms with van der Waals surface area (Å²) in [6.07, 6.45) is 7.26. The summed E-state index contributed by atoms with van der Waals surface area (Å²) in [5, 5.41) is 10.9. The van der Waals surface area contributed by atoms with Gasteiger partial charge in [-0.25, -0.2) is 0 Å². The van der Waals surface area contributed by atoms with Crippen molar-refractivity contribution in [3.05, 3.63) is 81.9 Å². The van der Waals surface area contributed by atoms with Gasteiger partial charge >= 0.3 is 0 Å². The maximum atomic E-state index is 13.6. The van der Waals surface area contributed by atoms with Crippen molar-refractivity contribution >= 4 is 0 Å². The molecule has 6 heteroatoms. The number of rotatable bonds is 5. The van der Waals surface area contributed by atoms with Crippen molar-refractivity contribution in [1.82, 2.24) is 14.5 Å². The normalized spacial score (nSPS) is 16.8. The summed E-state index contributed by atoms with van der Waals surface area (Å²) < 4.78 is 7.12. The first-order valence-corrected chi connectivity index (χ1v) is 10.1. The van der Waals surface area contributed by atoms with Crippen LogP contribution in [0.3, 0.4) is 0 Å². The number of aryl methyl sites for hydroxylation is 1. The second kappa shape index (κ2) is 8.25. The zero-order valence-electron chi connectivity index (χ0n) is 16.9. The van der Waals surface area contributed by atoms with Crippen molar-refractivity contribution in [3.63, 3.8) is 0 Å². The fraction of sp³-hybridized carbons (Fsp3) is 0.391. The minimum atomic E-state index is -0.327. The highest BCUT2D eigenvalue weighted by Crippen LogP contribution is 2.34. The number of furan rings is 1. The smallest absolute Gasteiger partial charge is 0.260 e. The van der Waals surface area contributed by atoms with Crippen LogP contribution in [0, 0.1) is 12.8 Å². The van der Waals surface area contributed by atoms with E-state index >= 15 is 0 Å².